The van der Waals surface area contributed by atoms with Crippen LogP contribution in [0.1, 0.15) is 12.8 Å². The Morgan fingerprint density at radius 3 is 2.48 bits per heavy atom. The maximum atomic E-state index is 12.6. The van der Waals surface area contributed by atoms with Crippen LogP contribution < -0.4 is 5.32 Å². The van der Waals surface area contributed by atoms with E-state index in [0.29, 0.717) is 32.6 Å². The number of hydrogen-bond acceptors (Lipinski definition) is 4. The van der Waals surface area contributed by atoms with Crippen LogP contribution in [0.2, 0.25) is 5.02 Å². The topological polar surface area (TPSA) is 69.7 Å². The van der Waals surface area contributed by atoms with Crippen molar-refractivity contribution in [3.8, 4) is 0 Å². The zero-order chi connectivity index (χ0) is 16.9. The monoisotopic (exact) mass is 359 g/mol. The van der Waals surface area contributed by atoms with E-state index in [4.69, 9.17) is 11.6 Å². The summed E-state index contributed by atoms with van der Waals surface area (Å²) in [4.78, 5) is 13.9. The normalized spacial score (nSPS) is 16.5. The Labute approximate surface area is 142 Å². The number of piperazine rings is 1. The molecule has 0 saturated carbocycles. The fourth-order valence-electron chi connectivity index (χ4n) is 2.55. The molecular formula is C15H22ClN3O3S. The summed E-state index contributed by atoms with van der Waals surface area (Å²) in [5.41, 5.74) is 0. The van der Waals surface area contributed by atoms with Crippen molar-refractivity contribution in [2.24, 2.45) is 0 Å². The van der Waals surface area contributed by atoms with Gasteiger partial charge in [0.15, 0.2) is 0 Å². The van der Waals surface area contributed by atoms with Gasteiger partial charge in [0.05, 0.1) is 5.02 Å². The highest BCUT2D eigenvalue weighted by Gasteiger charge is 2.31. The summed E-state index contributed by atoms with van der Waals surface area (Å²) in [6, 6.07) is 6.42. The molecule has 0 radical (unpaired) electrons. The van der Waals surface area contributed by atoms with E-state index in [2.05, 4.69) is 5.32 Å². The number of nitrogens with one attached hydrogen (secondary N) is 1. The summed E-state index contributed by atoms with van der Waals surface area (Å²) < 4.78 is 26.6. The fraction of sp³-hybridized carbons (Fsp3) is 0.533. The van der Waals surface area contributed by atoms with Gasteiger partial charge in [0, 0.05) is 32.6 Å². The lowest BCUT2D eigenvalue weighted by Gasteiger charge is -2.34. The lowest BCUT2D eigenvalue weighted by molar-refractivity contribution is -0.132. The van der Waals surface area contributed by atoms with Gasteiger partial charge in [0.25, 0.3) is 0 Å². The molecule has 1 aliphatic rings. The Morgan fingerprint density at radius 2 is 1.87 bits per heavy atom. The zero-order valence-corrected chi connectivity index (χ0v) is 14.7. The van der Waals surface area contributed by atoms with Crippen LogP contribution in [0.25, 0.3) is 0 Å². The average molecular weight is 360 g/mol. The summed E-state index contributed by atoms with van der Waals surface area (Å²) in [5.74, 6) is 0.0787. The Bertz CT molecular complexity index is 643. The first-order valence-corrected chi connectivity index (χ1v) is 9.45. The number of amides is 1. The SMILES string of the molecule is CNCCCC(=O)N1CCN(S(=O)(=O)c2ccccc2Cl)CC1. The van der Waals surface area contributed by atoms with Crippen LogP contribution in [0.3, 0.4) is 0 Å². The fourth-order valence-corrected chi connectivity index (χ4v) is 4.46. The Hall–Kier alpha value is -1.15. The summed E-state index contributed by atoms with van der Waals surface area (Å²) in [7, 11) is -1.76. The summed E-state index contributed by atoms with van der Waals surface area (Å²) in [6.45, 7) is 2.23. The molecule has 0 bridgehead atoms. The minimum Gasteiger partial charge on any atom is -0.340 e. The number of carbonyl (C=O) groups excluding carboxylic acids is 1. The maximum absolute atomic E-state index is 12.6. The van der Waals surface area contributed by atoms with Crippen LogP contribution in [-0.4, -0.2) is 63.3 Å². The van der Waals surface area contributed by atoms with Crippen molar-refractivity contribution in [2.75, 3.05) is 39.8 Å². The van der Waals surface area contributed by atoms with Gasteiger partial charge < -0.3 is 10.2 Å². The smallest absolute Gasteiger partial charge is 0.244 e. The molecular weight excluding hydrogens is 338 g/mol. The highest BCUT2D eigenvalue weighted by atomic mass is 35.5. The maximum Gasteiger partial charge on any atom is 0.244 e. The Morgan fingerprint density at radius 1 is 1.22 bits per heavy atom. The number of rotatable bonds is 6. The number of carbonyl (C=O) groups is 1. The lowest BCUT2D eigenvalue weighted by atomic mass is 10.2. The molecule has 23 heavy (non-hydrogen) atoms. The van der Waals surface area contributed by atoms with Gasteiger partial charge in [0.1, 0.15) is 4.90 Å². The highest BCUT2D eigenvalue weighted by molar-refractivity contribution is 7.89. The molecule has 0 spiro atoms. The van der Waals surface area contributed by atoms with Gasteiger partial charge in [-0.25, -0.2) is 8.42 Å². The molecule has 128 valence electrons. The predicted octanol–water partition coefficient (Wildman–Crippen LogP) is 1.17. The molecule has 0 atom stereocenters. The molecule has 1 aromatic rings. The van der Waals surface area contributed by atoms with E-state index in [9.17, 15) is 13.2 Å². The van der Waals surface area contributed by atoms with Gasteiger partial charge >= 0.3 is 0 Å². The largest absolute Gasteiger partial charge is 0.340 e. The first kappa shape index (κ1) is 18.2. The third-order valence-electron chi connectivity index (χ3n) is 3.86. The van der Waals surface area contributed by atoms with Gasteiger partial charge in [-0.15, -0.1) is 0 Å². The van der Waals surface area contributed by atoms with Gasteiger partial charge in [-0.2, -0.15) is 4.31 Å². The van der Waals surface area contributed by atoms with Crippen LogP contribution in [0.15, 0.2) is 29.2 Å². The molecule has 1 fully saturated rings. The molecule has 1 aromatic carbocycles. The highest BCUT2D eigenvalue weighted by Crippen LogP contribution is 2.25. The van der Waals surface area contributed by atoms with Gasteiger partial charge in [-0.3, -0.25) is 4.79 Å². The van der Waals surface area contributed by atoms with Gasteiger partial charge in [0.2, 0.25) is 15.9 Å². The quantitative estimate of drug-likeness (QED) is 0.774. The van der Waals surface area contributed by atoms with Crippen LogP contribution in [0.4, 0.5) is 0 Å². The number of sulfonamides is 1. The summed E-state index contributed by atoms with van der Waals surface area (Å²) >= 11 is 6.00. The molecule has 0 aromatic heterocycles. The molecule has 8 heteroatoms. The van der Waals surface area contributed by atoms with Crippen LogP contribution in [0, 0.1) is 0 Å². The van der Waals surface area contributed by atoms with Crippen molar-refractivity contribution >= 4 is 27.5 Å². The minimum atomic E-state index is -3.61. The van der Waals surface area contributed by atoms with E-state index in [-0.39, 0.29) is 15.8 Å². The minimum absolute atomic E-state index is 0.0787. The first-order chi connectivity index (χ1) is 11.0. The van der Waals surface area contributed by atoms with Crippen LogP contribution >= 0.6 is 11.6 Å². The molecule has 2 rings (SSSR count). The Kier molecular flexibility index (Phi) is 6.41. The van der Waals surface area contributed by atoms with E-state index in [1.54, 1.807) is 23.1 Å². The van der Waals surface area contributed by atoms with Gasteiger partial charge in [-0.1, -0.05) is 23.7 Å². The lowest BCUT2D eigenvalue weighted by Crippen LogP contribution is -2.50. The first-order valence-electron chi connectivity index (χ1n) is 7.64. The van der Waals surface area contributed by atoms with Crippen molar-refractivity contribution in [1.29, 1.82) is 0 Å². The molecule has 6 nitrogen and oxygen atoms in total. The second kappa shape index (κ2) is 8.10. The van der Waals surface area contributed by atoms with E-state index in [0.717, 1.165) is 13.0 Å². The zero-order valence-electron chi connectivity index (χ0n) is 13.2. The molecule has 1 saturated heterocycles. The molecule has 1 N–H and O–H groups in total. The van der Waals surface area contributed by atoms with E-state index < -0.39 is 10.0 Å². The summed E-state index contributed by atoms with van der Waals surface area (Å²) in [5, 5.41) is 3.23. The van der Waals surface area contributed by atoms with Crippen molar-refractivity contribution in [1.82, 2.24) is 14.5 Å². The second-order valence-electron chi connectivity index (χ2n) is 5.42. The van der Waals surface area contributed by atoms with Crippen molar-refractivity contribution < 1.29 is 13.2 Å². The standard InChI is InChI=1S/C15H22ClN3O3S/c1-17-8-4-7-15(20)18-9-11-19(12-10-18)23(21,22)14-6-3-2-5-13(14)16/h2-3,5-6,17H,4,7-12H2,1H3. The van der Waals surface area contributed by atoms with E-state index in [1.165, 1.54) is 10.4 Å². The van der Waals surface area contributed by atoms with E-state index >= 15 is 0 Å². The van der Waals surface area contributed by atoms with Crippen molar-refractivity contribution in [3.05, 3.63) is 29.3 Å². The van der Waals surface area contributed by atoms with Crippen LogP contribution in [0.5, 0.6) is 0 Å². The molecule has 1 amide bonds. The predicted molar refractivity (Wildman–Crippen MR) is 90.0 cm³/mol. The molecule has 1 heterocycles. The third kappa shape index (κ3) is 4.44. The van der Waals surface area contributed by atoms with Crippen molar-refractivity contribution in [2.45, 2.75) is 17.7 Å². The number of hydrogen-bond donors (Lipinski definition) is 1. The average Bonchev–Trinajstić information content (AvgIpc) is 2.55. The van der Waals surface area contributed by atoms with E-state index in [1.807, 2.05) is 7.05 Å². The summed E-state index contributed by atoms with van der Waals surface area (Å²) in [6.07, 6.45) is 1.27. The molecule has 0 unspecified atom stereocenters. The Balaban J connectivity index is 1.96. The number of nitrogens with zero attached hydrogens (tertiary/aromatic N) is 2. The molecule has 1 aliphatic heterocycles. The number of halogens is 1. The van der Waals surface area contributed by atoms with Gasteiger partial charge in [-0.05, 0) is 32.1 Å². The molecule has 0 aliphatic carbocycles. The van der Waals surface area contributed by atoms with Crippen LogP contribution in [-0.2, 0) is 14.8 Å². The second-order valence-corrected chi connectivity index (χ2v) is 7.74. The van der Waals surface area contributed by atoms with Crippen molar-refractivity contribution in [3.63, 3.8) is 0 Å². The number of benzene rings is 1. The third-order valence-corrected chi connectivity index (χ3v) is 6.26.